The fraction of sp³-hybridized carbons (Fsp3) is 0.800. The molecule has 1 aromatic rings. The molecule has 2 rings (SSSR count). The lowest BCUT2D eigenvalue weighted by Gasteiger charge is -2.19. The van der Waals surface area contributed by atoms with Gasteiger partial charge in [0.2, 0.25) is 0 Å². The number of aromatic nitrogens is 3. The summed E-state index contributed by atoms with van der Waals surface area (Å²) in [6.07, 6.45) is 4.63. The van der Waals surface area contributed by atoms with Crippen LogP contribution in [0.3, 0.4) is 0 Å². The quantitative estimate of drug-likeness (QED) is 0.763. The molecule has 4 nitrogen and oxygen atoms in total. The molecule has 0 amide bonds. The van der Waals surface area contributed by atoms with E-state index >= 15 is 0 Å². The van der Waals surface area contributed by atoms with E-state index in [1.165, 1.54) is 31.8 Å². The van der Waals surface area contributed by atoms with Crippen LogP contribution in [0.25, 0.3) is 0 Å². The summed E-state index contributed by atoms with van der Waals surface area (Å²) in [5.41, 5.74) is 0. The Hall–Kier alpha value is -0.550. The molecule has 0 bridgehead atoms. The molecule has 1 atom stereocenters. The summed E-state index contributed by atoms with van der Waals surface area (Å²) >= 11 is 1.68. The first kappa shape index (κ1) is 11.0. The molecular weight excluding hydrogens is 208 g/mol. The second kappa shape index (κ2) is 4.99. The number of hydrogen-bond donors (Lipinski definition) is 1. The molecule has 5 heteroatoms. The molecule has 84 valence electrons. The maximum Gasteiger partial charge on any atom is 0.190 e. The van der Waals surface area contributed by atoms with Crippen molar-refractivity contribution in [2.24, 2.45) is 0 Å². The van der Waals surface area contributed by atoms with Crippen LogP contribution < -0.4 is 5.32 Å². The number of nitrogens with zero attached hydrogens (tertiary/aromatic N) is 3. The summed E-state index contributed by atoms with van der Waals surface area (Å²) in [4.78, 5) is 0. The number of quaternary nitrogens is 1. The molecule has 1 aromatic heterocycles. The van der Waals surface area contributed by atoms with Crippen LogP contribution in [0.15, 0.2) is 5.16 Å². The molecule has 0 radical (unpaired) electrons. The van der Waals surface area contributed by atoms with Crippen molar-refractivity contribution in [3.05, 3.63) is 5.82 Å². The van der Waals surface area contributed by atoms with E-state index in [1.54, 1.807) is 11.8 Å². The van der Waals surface area contributed by atoms with E-state index in [-0.39, 0.29) is 0 Å². The number of rotatable bonds is 3. The molecule has 0 aromatic carbocycles. The van der Waals surface area contributed by atoms with Gasteiger partial charge in [0.05, 0.1) is 19.0 Å². The van der Waals surface area contributed by atoms with Crippen LogP contribution in [0.1, 0.15) is 31.5 Å². The lowest BCUT2D eigenvalue weighted by molar-refractivity contribution is -0.665. The zero-order chi connectivity index (χ0) is 10.7. The Balaban J connectivity index is 2.22. The molecular formula is C10H19N4S+. The van der Waals surface area contributed by atoms with Gasteiger partial charge in [-0.1, -0.05) is 11.8 Å². The van der Waals surface area contributed by atoms with Crippen LogP contribution >= 0.6 is 11.8 Å². The van der Waals surface area contributed by atoms with Crippen molar-refractivity contribution in [3.8, 4) is 0 Å². The minimum atomic E-state index is 0.604. The lowest BCUT2D eigenvalue weighted by atomic mass is 9.99. The predicted octanol–water partition coefficient (Wildman–Crippen LogP) is 0.461. The van der Waals surface area contributed by atoms with Gasteiger partial charge < -0.3 is 9.88 Å². The van der Waals surface area contributed by atoms with Crippen LogP contribution in [0.5, 0.6) is 0 Å². The molecule has 15 heavy (non-hydrogen) atoms. The molecule has 1 aliphatic heterocycles. The Kier molecular flexibility index (Phi) is 3.64. The third-order valence-corrected chi connectivity index (χ3v) is 3.69. The topological polar surface area (TPSA) is 47.3 Å². The van der Waals surface area contributed by atoms with Crippen LogP contribution in [-0.4, -0.2) is 34.1 Å². The Bertz CT molecular complexity index is 317. The van der Waals surface area contributed by atoms with E-state index in [2.05, 4.69) is 33.3 Å². The monoisotopic (exact) mass is 227 g/mol. The molecule has 0 unspecified atom stereocenters. The Labute approximate surface area is 94.8 Å². The third-order valence-electron chi connectivity index (χ3n) is 3.02. The van der Waals surface area contributed by atoms with Crippen molar-refractivity contribution in [1.82, 2.24) is 14.8 Å². The first-order chi connectivity index (χ1) is 7.36. The van der Waals surface area contributed by atoms with Crippen molar-refractivity contribution in [1.29, 1.82) is 0 Å². The third kappa shape index (κ3) is 2.18. The highest BCUT2D eigenvalue weighted by Gasteiger charge is 2.24. The molecule has 1 saturated heterocycles. The minimum absolute atomic E-state index is 0.604. The van der Waals surface area contributed by atoms with Crippen LogP contribution in [0.2, 0.25) is 0 Å². The van der Waals surface area contributed by atoms with Gasteiger partial charge in [0.1, 0.15) is 5.82 Å². The van der Waals surface area contributed by atoms with Crippen molar-refractivity contribution in [3.63, 3.8) is 0 Å². The molecule has 0 aliphatic carbocycles. The lowest BCUT2D eigenvalue weighted by Crippen LogP contribution is -2.86. The standard InChI is InChI=1S/C10H18N4S/c1-3-14-9(12-13-10(14)15-2)8-5-4-6-11-7-8/h8,11H,3-7H2,1-2H3/p+1/t8-/m1/s1. The van der Waals surface area contributed by atoms with Crippen molar-refractivity contribution < 1.29 is 5.32 Å². The fourth-order valence-corrected chi connectivity index (χ4v) is 2.80. The Morgan fingerprint density at radius 2 is 2.40 bits per heavy atom. The summed E-state index contributed by atoms with van der Waals surface area (Å²) in [6, 6.07) is 0. The Morgan fingerprint density at radius 3 is 3.00 bits per heavy atom. The first-order valence-corrected chi connectivity index (χ1v) is 6.88. The molecule has 1 fully saturated rings. The summed E-state index contributed by atoms with van der Waals surface area (Å²) in [7, 11) is 0. The zero-order valence-corrected chi connectivity index (χ0v) is 10.3. The van der Waals surface area contributed by atoms with Gasteiger partial charge in [0.25, 0.3) is 0 Å². The number of piperidine rings is 1. The van der Waals surface area contributed by atoms with Crippen molar-refractivity contribution in [2.75, 3.05) is 19.3 Å². The van der Waals surface area contributed by atoms with Gasteiger partial charge in [-0.25, -0.2) is 0 Å². The molecule has 0 saturated carbocycles. The van der Waals surface area contributed by atoms with Crippen LogP contribution in [-0.2, 0) is 6.54 Å². The summed E-state index contributed by atoms with van der Waals surface area (Å²) in [6.45, 7) is 5.59. The maximum atomic E-state index is 4.35. The van der Waals surface area contributed by atoms with Gasteiger partial charge in [-0.3, -0.25) is 0 Å². The van der Waals surface area contributed by atoms with Gasteiger partial charge >= 0.3 is 0 Å². The highest BCUT2D eigenvalue weighted by molar-refractivity contribution is 7.98. The van der Waals surface area contributed by atoms with E-state index < -0.39 is 0 Å². The highest BCUT2D eigenvalue weighted by atomic mass is 32.2. The smallest absolute Gasteiger partial charge is 0.190 e. The van der Waals surface area contributed by atoms with Crippen LogP contribution in [0.4, 0.5) is 0 Å². The summed E-state index contributed by atoms with van der Waals surface area (Å²) in [5.74, 6) is 1.80. The second-order valence-corrected chi connectivity index (χ2v) is 4.71. The first-order valence-electron chi connectivity index (χ1n) is 5.65. The fourth-order valence-electron chi connectivity index (χ4n) is 2.23. The number of hydrogen-bond acceptors (Lipinski definition) is 3. The zero-order valence-electron chi connectivity index (χ0n) is 9.44. The molecule has 0 spiro atoms. The van der Waals surface area contributed by atoms with Gasteiger partial charge in [0, 0.05) is 6.54 Å². The van der Waals surface area contributed by atoms with E-state index in [9.17, 15) is 0 Å². The SMILES string of the molecule is CCn1c(SC)nnc1[C@@H]1CCC[NH2+]C1. The molecule has 2 N–H and O–H groups in total. The highest BCUT2D eigenvalue weighted by Crippen LogP contribution is 2.23. The van der Waals surface area contributed by atoms with E-state index in [4.69, 9.17) is 0 Å². The summed E-state index contributed by atoms with van der Waals surface area (Å²) < 4.78 is 2.26. The Morgan fingerprint density at radius 1 is 1.53 bits per heavy atom. The van der Waals surface area contributed by atoms with Gasteiger partial charge in [-0.2, -0.15) is 0 Å². The second-order valence-electron chi connectivity index (χ2n) is 3.94. The van der Waals surface area contributed by atoms with Crippen molar-refractivity contribution in [2.45, 2.75) is 37.4 Å². The maximum absolute atomic E-state index is 4.35. The van der Waals surface area contributed by atoms with Crippen molar-refractivity contribution >= 4 is 11.8 Å². The van der Waals surface area contributed by atoms with E-state index in [1.807, 2.05) is 0 Å². The average Bonchev–Trinajstić information content (AvgIpc) is 2.72. The average molecular weight is 227 g/mol. The normalized spacial score (nSPS) is 21.9. The number of thioether (sulfide) groups is 1. The predicted molar refractivity (Wildman–Crippen MR) is 61.1 cm³/mol. The van der Waals surface area contributed by atoms with E-state index in [0.29, 0.717) is 5.92 Å². The minimum Gasteiger partial charge on any atom is -0.346 e. The van der Waals surface area contributed by atoms with Crippen LogP contribution in [0, 0.1) is 0 Å². The van der Waals surface area contributed by atoms with Gasteiger partial charge in [-0.15, -0.1) is 10.2 Å². The molecule has 1 aliphatic rings. The van der Waals surface area contributed by atoms with Gasteiger partial charge in [-0.05, 0) is 26.0 Å². The molecule has 2 heterocycles. The largest absolute Gasteiger partial charge is 0.346 e. The van der Waals surface area contributed by atoms with E-state index in [0.717, 1.165) is 11.7 Å². The van der Waals surface area contributed by atoms with Gasteiger partial charge in [0.15, 0.2) is 5.16 Å². The summed E-state index contributed by atoms with van der Waals surface area (Å²) in [5, 5.41) is 12.0. The number of nitrogens with two attached hydrogens (primary N) is 1.